The largest absolute Gasteiger partial charge is 0.334 e. The Morgan fingerprint density at radius 1 is 1.19 bits per heavy atom. The van der Waals surface area contributed by atoms with Crippen LogP contribution in [0, 0.1) is 5.82 Å². The van der Waals surface area contributed by atoms with E-state index >= 15 is 0 Å². The lowest BCUT2D eigenvalue weighted by molar-refractivity contribution is -0.131. The quantitative estimate of drug-likeness (QED) is 0.725. The van der Waals surface area contributed by atoms with E-state index in [1.807, 2.05) is 4.90 Å². The molecule has 7 heteroatoms. The van der Waals surface area contributed by atoms with E-state index in [0.717, 1.165) is 24.1 Å². The summed E-state index contributed by atoms with van der Waals surface area (Å²) in [4.78, 5) is 27.6. The van der Waals surface area contributed by atoms with Crippen LogP contribution >= 0.6 is 0 Å². The van der Waals surface area contributed by atoms with Crippen molar-refractivity contribution in [1.29, 1.82) is 0 Å². The standard InChI is InChI=1S/C19H18FN5O/c20-15-5-3-14(4-6-15)10-19(26)25-8-1-2-17(25)16-11-22-12-18(23-16)24-9-7-21-13-24/h3-7,9,11-13,17H,1-2,8,10H2. The number of aromatic nitrogens is 4. The van der Waals surface area contributed by atoms with E-state index in [0.29, 0.717) is 12.4 Å². The number of hydrogen-bond acceptors (Lipinski definition) is 4. The van der Waals surface area contributed by atoms with Gasteiger partial charge in [0.05, 0.1) is 30.6 Å². The minimum atomic E-state index is -0.299. The second-order valence-electron chi connectivity index (χ2n) is 6.32. The van der Waals surface area contributed by atoms with Crippen LogP contribution in [-0.2, 0) is 11.2 Å². The smallest absolute Gasteiger partial charge is 0.227 e. The van der Waals surface area contributed by atoms with Gasteiger partial charge in [-0.25, -0.2) is 14.4 Å². The second-order valence-corrected chi connectivity index (χ2v) is 6.32. The Bertz CT molecular complexity index is 895. The van der Waals surface area contributed by atoms with Gasteiger partial charge >= 0.3 is 0 Å². The first-order valence-corrected chi connectivity index (χ1v) is 8.55. The zero-order valence-electron chi connectivity index (χ0n) is 14.1. The predicted octanol–water partition coefficient (Wildman–Crippen LogP) is 2.71. The minimum absolute atomic E-state index is 0.0222. The molecule has 6 nitrogen and oxygen atoms in total. The van der Waals surface area contributed by atoms with Gasteiger partial charge < -0.3 is 4.90 Å². The summed E-state index contributed by atoms with van der Waals surface area (Å²) in [6.45, 7) is 0.696. The number of imidazole rings is 1. The fourth-order valence-electron chi connectivity index (χ4n) is 3.30. The number of carbonyl (C=O) groups excluding carboxylic acids is 1. The summed E-state index contributed by atoms with van der Waals surface area (Å²) in [5, 5.41) is 0. The lowest BCUT2D eigenvalue weighted by atomic mass is 10.1. The van der Waals surface area contributed by atoms with Crippen LogP contribution in [0.2, 0.25) is 0 Å². The zero-order valence-corrected chi connectivity index (χ0v) is 14.1. The number of amides is 1. The molecule has 1 aliphatic rings. The highest BCUT2D eigenvalue weighted by atomic mass is 19.1. The van der Waals surface area contributed by atoms with Crippen molar-refractivity contribution >= 4 is 5.91 Å². The topological polar surface area (TPSA) is 63.9 Å². The molecule has 3 heterocycles. The number of nitrogens with zero attached hydrogens (tertiary/aromatic N) is 5. The number of rotatable bonds is 4. The van der Waals surface area contributed by atoms with E-state index in [1.54, 1.807) is 47.8 Å². The third kappa shape index (κ3) is 3.33. The highest BCUT2D eigenvalue weighted by Gasteiger charge is 2.31. The molecular formula is C19H18FN5O. The Morgan fingerprint density at radius 2 is 2.04 bits per heavy atom. The summed E-state index contributed by atoms with van der Waals surface area (Å²) in [5.41, 5.74) is 1.58. The predicted molar refractivity (Wildman–Crippen MR) is 92.9 cm³/mol. The molecule has 0 N–H and O–H groups in total. The maximum Gasteiger partial charge on any atom is 0.227 e. The Labute approximate surface area is 150 Å². The van der Waals surface area contributed by atoms with E-state index in [4.69, 9.17) is 0 Å². The molecule has 1 unspecified atom stereocenters. The summed E-state index contributed by atoms with van der Waals surface area (Å²) in [6.07, 6.45) is 10.6. The molecule has 3 aromatic rings. The van der Waals surface area contributed by atoms with Gasteiger partial charge in [-0.05, 0) is 30.5 Å². The fraction of sp³-hybridized carbons (Fsp3) is 0.263. The van der Waals surface area contributed by atoms with E-state index in [2.05, 4.69) is 15.0 Å². The van der Waals surface area contributed by atoms with E-state index in [-0.39, 0.29) is 24.2 Å². The van der Waals surface area contributed by atoms with Crippen molar-refractivity contribution in [2.45, 2.75) is 25.3 Å². The number of halogens is 1. The summed E-state index contributed by atoms with van der Waals surface area (Å²) < 4.78 is 14.8. The molecule has 4 rings (SSSR count). The molecule has 0 spiro atoms. The maximum atomic E-state index is 13.0. The molecule has 1 atom stereocenters. The van der Waals surface area contributed by atoms with Crippen molar-refractivity contribution in [3.8, 4) is 5.82 Å². The average Bonchev–Trinajstić information content (AvgIpc) is 3.36. The van der Waals surface area contributed by atoms with E-state index in [9.17, 15) is 9.18 Å². The van der Waals surface area contributed by atoms with Gasteiger partial charge in [0.1, 0.15) is 12.1 Å². The van der Waals surface area contributed by atoms with Gasteiger partial charge in [0.2, 0.25) is 5.91 Å². The first-order valence-electron chi connectivity index (χ1n) is 8.55. The molecule has 26 heavy (non-hydrogen) atoms. The molecule has 0 aliphatic carbocycles. The fourth-order valence-corrected chi connectivity index (χ4v) is 3.30. The maximum absolute atomic E-state index is 13.0. The summed E-state index contributed by atoms with van der Waals surface area (Å²) >= 11 is 0. The molecule has 0 bridgehead atoms. The molecule has 132 valence electrons. The summed E-state index contributed by atoms with van der Waals surface area (Å²) in [7, 11) is 0. The molecular weight excluding hydrogens is 333 g/mol. The van der Waals surface area contributed by atoms with Gasteiger partial charge in [-0.3, -0.25) is 14.3 Å². The van der Waals surface area contributed by atoms with Crippen LogP contribution in [0.4, 0.5) is 4.39 Å². The third-order valence-corrected chi connectivity index (χ3v) is 4.59. The van der Waals surface area contributed by atoms with Crippen LogP contribution in [-0.4, -0.2) is 36.9 Å². The van der Waals surface area contributed by atoms with Gasteiger partial charge in [0.15, 0.2) is 5.82 Å². The van der Waals surface area contributed by atoms with Crippen LogP contribution in [0.15, 0.2) is 55.4 Å². The Kier molecular flexibility index (Phi) is 4.43. The van der Waals surface area contributed by atoms with Crippen molar-refractivity contribution in [1.82, 2.24) is 24.4 Å². The van der Waals surface area contributed by atoms with E-state index in [1.165, 1.54) is 12.1 Å². The first-order chi connectivity index (χ1) is 12.7. The number of benzene rings is 1. The van der Waals surface area contributed by atoms with Crippen molar-refractivity contribution in [2.24, 2.45) is 0 Å². The lowest BCUT2D eigenvalue weighted by Crippen LogP contribution is -2.32. The Morgan fingerprint density at radius 3 is 2.81 bits per heavy atom. The van der Waals surface area contributed by atoms with Crippen molar-refractivity contribution in [3.63, 3.8) is 0 Å². The summed E-state index contributed by atoms with van der Waals surface area (Å²) in [5.74, 6) is 0.401. The lowest BCUT2D eigenvalue weighted by Gasteiger charge is -2.24. The third-order valence-electron chi connectivity index (χ3n) is 4.59. The zero-order chi connectivity index (χ0) is 17.9. The average molecular weight is 351 g/mol. The van der Waals surface area contributed by atoms with Crippen LogP contribution in [0.5, 0.6) is 0 Å². The molecule has 0 saturated carbocycles. The minimum Gasteiger partial charge on any atom is -0.334 e. The molecule has 1 amide bonds. The van der Waals surface area contributed by atoms with Crippen LogP contribution in [0.3, 0.4) is 0 Å². The van der Waals surface area contributed by atoms with Crippen molar-refractivity contribution < 1.29 is 9.18 Å². The van der Waals surface area contributed by atoms with Crippen LogP contribution in [0.1, 0.15) is 30.1 Å². The Hall–Kier alpha value is -3.09. The normalized spacial score (nSPS) is 16.8. The van der Waals surface area contributed by atoms with Gasteiger partial charge in [0.25, 0.3) is 0 Å². The monoisotopic (exact) mass is 351 g/mol. The van der Waals surface area contributed by atoms with Crippen molar-refractivity contribution in [3.05, 3.63) is 72.5 Å². The number of hydrogen-bond donors (Lipinski definition) is 0. The second kappa shape index (κ2) is 7.03. The van der Waals surface area contributed by atoms with Gasteiger partial charge in [-0.2, -0.15) is 0 Å². The molecule has 1 fully saturated rings. The Balaban J connectivity index is 1.54. The molecule has 0 radical (unpaired) electrons. The van der Waals surface area contributed by atoms with Crippen LogP contribution < -0.4 is 0 Å². The highest BCUT2D eigenvalue weighted by molar-refractivity contribution is 5.79. The SMILES string of the molecule is O=C(Cc1ccc(F)cc1)N1CCCC1c1cncc(-n2ccnc2)n1. The molecule has 2 aromatic heterocycles. The highest BCUT2D eigenvalue weighted by Crippen LogP contribution is 2.31. The van der Waals surface area contributed by atoms with Crippen molar-refractivity contribution in [2.75, 3.05) is 6.54 Å². The number of likely N-dealkylation sites (tertiary alicyclic amines) is 1. The van der Waals surface area contributed by atoms with Gasteiger partial charge in [-0.15, -0.1) is 0 Å². The number of carbonyl (C=O) groups is 1. The van der Waals surface area contributed by atoms with Gasteiger partial charge in [0, 0.05) is 18.9 Å². The van der Waals surface area contributed by atoms with Gasteiger partial charge in [-0.1, -0.05) is 12.1 Å². The molecule has 1 aromatic carbocycles. The molecule has 1 aliphatic heterocycles. The molecule has 1 saturated heterocycles. The van der Waals surface area contributed by atoms with Crippen LogP contribution in [0.25, 0.3) is 5.82 Å². The summed E-state index contributed by atoms with van der Waals surface area (Å²) in [6, 6.07) is 5.98. The first kappa shape index (κ1) is 16.4. The van der Waals surface area contributed by atoms with E-state index < -0.39 is 0 Å².